The maximum absolute atomic E-state index is 11.9. The molecule has 1 aliphatic heterocycles. The quantitative estimate of drug-likeness (QED) is 0.582. The molecule has 6 heteroatoms. The fraction of sp³-hybridized carbons (Fsp3) is 0.357. The highest BCUT2D eigenvalue weighted by Crippen LogP contribution is 2.22. The van der Waals surface area contributed by atoms with Gasteiger partial charge in [0.05, 0.1) is 11.1 Å². The van der Waals surface area contributed by atoms with Crippen LogP contribution in [0.5, 0.6) is 0 Å². The molecule has 0 atom stereocenters. The summed E-state index contributed by atoms with van der Waals surface area (Å²) in [6.45, 7) is 0.556. The topological polar surface area (TPSA) is 72.9 Å². The van der Waals surface area contributed by atoms with Crippen molar-refractivity contribution in [1.29, 1.82) is 0 Å². The summed E-state index contributed by atoms with van der Waals surface area (Å²) in [4.78, 5) is 40.3. The van der Waals surface area contributed by atoms with E-state index >= 15 is 0 Å². The molecule has 1 heterocycles. The van der Waals surface area contributed by atoms with Gasteiger partial charge in [-0.25, -0.2) is 4.79 Å². The first-order valence-corrected chi connectivity index (χ1v) is 6.32. The van der Waals surface area contributed by atoms with Crippen LogP contribution < -0.4 is 0 Å². The summed E-state index contributed by atoms with van der Waals surface area (Å²) in [7, 11) is 1.58. The molecule has 0 bridgehead atoms. The van der Waals surface area contributed by atoms with Gasteiger partial charge in [-0.05, 0) is 25.0 Å². The van der Waals surface area contributed by atoms with Crippen LogP contribution in [0.15, 0.2) is 24.3 Å². The number of ether oxygens (including phenoxy) is 1. The average Bonchev–Trinajstić information content (AvgIpc) is 2.69. The number of nitrogens with zero attached hydrogens (tertiary/aromatic N) is 1. The number of carbonyl (C=O) groups excluding carboxylic acids is 3. The van der Waals surface area contributed by atoms with E-state index in [2.05, 4.69) is 0 Å². The van der Waals surface area contributed by atoms with Gasteiger partial charge in [0.2, 0.25) is 0 Å². The number of amides is 2. The first-order chi connectivity index (χ1) is 9.65. The van der Waals surface area contributed by atoms with E-state index in [4.69, 9.17) is 9.57 Å². The summed E-state index contributed by atoms with van der Waals surface area (Å²) in [6.07, 6.45) is 1.43. The van der Waals surface area contributed by atoms with Gasteiger partial charge in [-0.1, -0.05) is 17.2 Å². The number of hydroxylamine groups is 2. The SMILES string of the molecule is COCCCCC(=O)ON1C(=O)c2ccccc2C1=O. The van der Waals surface area contributed by atoms with Gasteiger partial charge >= 0.3 is 5.97 Å². The zero-order chi connectivity index (χ0) is 14.5. The third-order valence-corrected chi connectivity index (χ3v) is 2.93. The highest BCUT2D eigenvalue weighted by atomic mass is 16.7. The van der Waals surface area contributed by atoms with Crippen molar-refractivity contribution in [2.24, 2.45) is 0 Å². The van der Waals surface area contributed by atoms with Gasteiger partial charge in [-0.15, -0.1) is 0 Å². The number of hydrogen-bond donors (Lipinski definition) is 0. The molecule has 0 aliphatic carbocycles. The lowest BCUT2D eigenvalue weighted by atomic mass is 10.1. The predicted octanol–water partition coefficient (Wildman–Crippen LogP) is 1.56. The molecule has 1 aliphatic rings. The number of benzene rings is 1. The standard InChI is InChI=1S/C14H15NO5/c1-19-9-5-4-8-12(16)20-15-13(17)10-6-2-3-7-11(10)14(15)18/h2-3,6-7H,4-5,8-9H2,1H3. The van der Waals surface area contributed by atoms with Gasteiger partial charge < -0.3 is 9.57 Å². The fourth-order valence-electron chi connectivity index (χ4n) is 1.91. The van der Waals surface area contributed by atoms with E-state index in [1.165, 1.54) is 12.1 Å². The average molecular weight is 277 g/mol. The first-order valence-electron chi connectivity index (χ1n) is 6.32. The van der Waals surface area contributed by atoms with Crippen molar-refractivity contribution in [3.8, 4) is 0 Å². The lowest BCUT2D eigenvalue weighted by Gasteiger charge is -2.12. The fourth-order valence-corrected chi connectivity index (χ4v) is 1.91. The van der Waals surface area contributed by atoms with Crippen LogP contribution in [0.1, 0.15) is 40.0 Å². The van der Waals surface area contributed by atoms with Crippen molar-refractivity contribution in [3.63, 3.8) is 0 Å². The van der Waals surface area contributed by atoms with Gasteiger partial charge in [0, 0.05) is 20.1 Å². The maximum Gasteiger partial charge on any atom is 0.333 e. The molecule has 0 radical (unpaired) electrons. The van der Waals surface area contributed by atoms with E-state index in [1.54, 1.807) is 19.2 Å². The molecule has 0 spiro atoms. The molecule has 0 aromatic heterocycles. The van der Waals surface area contributed by atoms with E-state index in [1.807, 2.05) is 0 Å². The second-order valence-electron chi connectivity index (χ2n) is 4.36. The van der Waals surface area contributed by atoms with Crippen LogP contribution in [0.2, 0.25) is 0 Å². The first kappa shape index (κ1) is 14.2. The van der Waals surface area contributed by atoms with Crippen LogP contribution in [0.25, 0.3) is 0 Å². The Bertz CT molecular complexity index is 505. The van der Waals surface area contributed by atoms with E-state index < -0.39 is 17.8 Å². The highest BCUT2D eigenvalue weighted by Gasteiger charge is 2.38. The number of imide groups is 1. The molecular weight excluding hydrogens is 262 g/mol. The van der Waals surface area contributed by atoms with E-state index in [0.717, 1.165) is 0 Å². The minimum absolute atomic E-state index is 0.136. The summed E-state index contributed by atoms with van der Waals surface area (Å²) in [5.74, 6) is -1.80. The third kappa shape index (κ3) is 2.85. The molecule has 0 saturated carbocycles. The number of hydrogen-bond acceptors (Lipinski definition) is 5. The normalized spacial score (nSPS) is 13.6. The van der Waals surface area contributed by atoms with Gasteiger partial charge in [0.1, 0.15) is 0 Å². The molecule has 0 unspecified atom stereocenters. The Kier molecular flexibility index (Phi) is 4.47. The van der Waals surface area contributed by atoms with Crippen LogP contribution >= 0.6 is 0 Å². The monoisotopic (exact) mass is 277 g/mol. The van der Waals surface area contributed by atoms with Gasteiger partial charge in [0.25, 0.3) is 11.8 Å². The number of methoxy groups -OCH3 is 1. The number of unbranched alkanes of at least 4 members (excludes halogenated alkanes) is 1. The molecule has 106 valence electrons. The van der Waals surface area contributed by atoms with Gasteiger partial charge in [-0.2, -0.15) is 0 Å². The molecule has 0 fully saturated rings. The highest BCUT2D eigenvalue weighted by molar-refractivity contribution is 6.20. The van der Waals surface area contributed by atoms with Crippen LogP contribution in [0.3, 0.4) is 0 Å². The second kappa shape index (κ2) is 6.29. The lowest BCUT2D eigenvalue weighted by molar-refractivity contribution is -0.168. The molecule has 1 aromatic carbocycles. The maximum atomic E-state index is 11.9. The predicted molar refractivity (Wildman–Crippen MR) is 68.8 cm³/mol. The number of carbonyl (C=O) groups is 3. The Balaban J connectivity index is 1.93. The van der Waals surface area contributed by atoms with E-state index in [-0.39, 0.29) is 17.5 Å². The Morgan fingerprint density at radius 3 is 2.25 bits per heavy atom. The summed E-state index contributed by atoms with van der Waals surface area (Å²) in [5, 5.41) is 0.531. The van der Waals surface area contributed by atoms with Gasteiger partial charge in [-0.3, -0.25) is 9.59 Å². The number of fused-ring (bicyclic) bond motifs is 1. The molecule has 20 heavy (non-hydrogen) atoms. The van der Waals surface area contributed by atoms with Crippen molar-refractivity contribution >= 4 is 17.8 Å². The van der Waals surface area contributed by atoms with Crippen molar-refractivity contribution in [3.05, 3.63) is 35.4 Å². The Labute approximate surface area is 116 Å². The van der Waals surface area contributed by atoms with Crippen molar-refractivity contribution in [1.82, 2.24) is 5.06 Å². The van der Waals surface area contributed by atoms with Crippen molar-refractivity contribution in [2.45, 2.75) is 19.3 Å². The molecule has 0 N–H and O–H groups in total. The van der Waals surface area contributed by atoms with Crippen LogP contribution in [0, 0.1) is 0 Å². The largest absolute Gasteiger partial charge is 0.385 e. The molecule has 2 amide bonds. The minimum Gasteiger partial charge on any atom is -0.385 e. The molecule has 6 nitrogen and oxygen atoms in total. The minimum atomic E-state index is -0.601. The lowest BCUT2D eigenvalue weighted by Crippen LogP contribution is -2.32. The Morgan fingerprint density at radius 2 is 1.70 bits per heavy atom. The number of rotatable bonds is 6. The summed E-state index contributed by atoms with van der Waals surface area (Å²) >= 11 is 0. The summed E-state index contributed by atoms with van der Waals surface area (Å²) in [6, 6.07) is 6.37. The molecule has 1 aromatic rings. The zero-order valence-corrected chi connectivity index (χ0v) is 11.1. The zero-order valence-electron chi connectivity index (χ0n) is 11.1. The Morgan fingerprint density at radius 1 is 1.10 bits per heavy atom. The van der Waals surface area contributed by atoms with Crippen LogP contribution in [0.4, 0.5) is 0 Å². The molecule has 0 saturated heterocycles. The van der Waals surface area contributed by atoms with E-state index in [0.29, 0.717) is 24.5 Å². The van der Waals surface area contributed by atoms with Crippen molar-refractivity contribution in [2.75, 3.05) is 13.7 Å². The smallest absolute Gasteiger partial charge is 0.333 e. The Hall–Kier alpha value is -2.21. The molecular formula is C14H15NO5. The molecule has 2 rings (SSSR count). The van der Waals surface area contributed by atoms with Gasteiger partial charge in [0.15, 0.2) is 0 Å². The van der Waals surface area contributed by atoms with E-state index in [9.17, 15) is 14.4 Å². The summed E-state index contributed by atoms with van der Waals surface area (Å²) < 4.78 is 4.86. The summed E-state index contributed by atoms with van der Waals surface area (Å²) in [5.41, 5.74) is 0.509. The van der Waals surface area contributed by atoms with Crippen LogP contribution in [-0.2, 0) is 14.4 Å². The third-order valence-electron chi connectivity index (χ3n) is 2.93. The van der Waals surface area contributed by atoms with Crippen molar-refractivity contribution < 1.29 is 24.0 Å². The second-order valence-corrected chi connectivity index (χ2v) is 4.36. The van der Waals surface area contributed by atoms with Crippen LogP contribution in [-0.4, -0.2) is 36.6 Å².